The Morgan fingerprint density at radius 2 is 1.97 bits per heavy atom. The molecule has 0 saturated heterocycles. The van der Waals surface area contributed by atoms with Gasteiger partial charge in [-0.1, -0.05) is 30.3 Å². The summed E-state index contributed by atoms with van der Waals surface area (Å²) in [5.41, 5.74) is 4.23. The number of anilines is 1. The van der Waals surface area contributed by atoms with Crippen LogP contribution in [0.3, 0.4) is 0 Å². The van der Waals surface area contributed by atoms with Crippen LogP contribution in [0.4, 0.5) is 5.82 Å². The number of carbonyl (C=O) groups is 1. The lowest BCUT2D eigenvalue weighted by Crippen LogP contribution is -2.44. The summed E-state index contributed by atoms with van der Waals surface area (Å²) < 4.78 is 0. The smallest absolute Gasteiger partial charge is 0.289 e. The Morgan fingerprint density at radius 3 is 2.69 bits per heavy atom. The highest BCUT2D eigenvalue weighted by Crippen LogP contribution is 2.36. The fourth-order valence-corrected chi connectivity index (χ4v) is 3.63. The molecule has 1 fully saturated rings. The summed E-state index contributed by atoms with van der Waals surface area (Å²) in [6.07, 6.45) is 6.41. The van der Waals surface area contributed by atoms with Gasteiger partial charge in [-0.2, -0.15) is 5.10 Å². The van der Waals surface area contributed by atoms with Gasteiger partial charge in [0.2, 0.25) is 5.82 Å². The minimum absolute atomic E-state index is 0.176. The number of carbonyl (C=O) groups excluding carboxylic acids is 1. The number of nitrogens with one attached hydrogen (secondary N) is 3. The summed E-state index contributed by atoms with van der Waals surface area (Å²) in [7, 11) is 0. The molecule has 3 aromatic rings. The quantitative estimate of drug-likeness (QED) is 0.576. The number of aromatic amines is 1. The van der Waals surface area contributed by atoms with Crippen LogP contribution in [0.15, 0.2) is 42.7 Å². The third kappa shape index (κ3) is 4.45. The van der Waals surface area contributed by atoms with Gasteiger partial charge >= 0.3 is 0 Å². The fourth-order valence-electron chi connectivity index (χ4n) is 3.63. The summed E-state index contributed by atoms with van der Waals surface area (Å²) in [6.45, 7) is 4.58. The molecule has 0 atom stereocenters. The van der Waals surface area contributed by atoms with E-state index < -0.39 is 0 Å². The van der Waals surface area contributed by atoms with Crippen LogP contribution in [0, 0.1) is 13.8 Å². The van der Waals surface area contributed by atoms with Crippen molar-refractivity contribution in [3.63, 3.8) is 0 Å². The van der Waals surface area contributed by atoms with E-state index in [1.165, 1.54) is 5.56 Å². The predicted molar refractivity (Wildman–Crippen MR) is 112 cm³/mol. The van der Waals surface area contributed by atoms with Crippen LogP contribution in [-0.2, 0) is 6.42 Å². The second-order valence-corrected chi connectivity index (χ2v) is 7.64. The molecule has 0 unspecified atom stereocenters. The van der Waals surface area contributed by atoms with Gasteiger partial charge in [-0.3, -0.25) is 9.89 Å². The van der Waals surface area contributed by atoms with Gasteiger partial charge in [0.25, 0.3) is 5.91 Å². The highest BCUT2D eigenvalue weighted by atomic mass is 16.2. The summed E-state index contributed by atoms with van der Waals surface area (Å²) in [6, 6.07) is 10.6. The van der Waals surface area contributed by atoms with Crippen molar-refractivity contribution in [1.82, 2.24) is 25.5 Å². The van der Waals surface area contributed by atoms with E-state index in [4.69, 9.17) is 0 Å². The molecule has 2 aromatic heterocycles. The molecule has 1 aliphatic carbocycles. The number of nitrogens with zero attached hydrogens (tertiary/aromatic N) is 3. The molecule has 1 aromatic carbocycles. The van der Waals surface area contributed by atoms with Gasteiger partial charge < -0.3 is 10.6 Å². The maximum Gasteiger partial charge on any atom is 0.289 e. The normalized spacial score (nSPS) is 18.1. The van der Waals surface area contributed by atoms with Crippen LogP contribution >= 0.6 is 0 Å². The van der Waals surface area contributed by atoms with E-state index in [0.29, 0.717) is 18.3 Å². The van der Waals surface area contributed by atoms with Crippen molar-refractivity contribution in [2.75, 3.05) is 11.9 Å². The topological polar surface area (TPSA) is 95.6 Å². The average molecular weight is 390 g/mol. The summed E-state index contributed by atoms with van der Waals surface area (Å²) in [4.78, 5) is 21.6. The summed E-state index contributed by atoms with van der Waals surface area (Å²) in [5.74, 6) is 1.24. The number of hydrogen-bond donors (Lipinski definition) is 3. The molecular weight excluding hydrogens is 364 g/mol. The van der Waals surface area contributed by atoms with Crippen molar-refractivity contribution in [3.05, 3.63) is 70.9 Å². The number of rotatable bonds is 7. The number of hydrogen-bond acceptors (Lipinski definition) is 5. The molecule has 0 radical (unpaired) electrons. The van der Waals surface area contributed by atoms with E-state index in [1.54, 1.807) is 6.20 Å². The van der Waals surface area contributed by atoms with E-state index in [2.05, 4.69) is 55.1 Å². The third-order valence-electron chi connectivity index (χ3n) is 5.60. The first-order valence-electron chi connectivity index (χ1n) is 10.0. The lowest BCUT2D eigenvalue weighted by atomic mass is 9.76. The van der Waals surface area contributed by atoms with E-state index in [-0.39, 0.29) is 17.8 Å². The average Bonchev–Trinajstić information content (AvgIpc) is 3.21. The Morgan fingerprint density at radius 1 is 1.17 bits per heavy atom. The number of aromatic nitrogens is 4. The van der Waals surface area contributed by atoms with Crippen LogP contribution < -0.4 is 10.6 Å². The Kier molecular flexibility index (Phi) is 5.55. The van der Waals surface area contributed by atoms with E-state index >= 15 is 0 Å². The van der Waals surface area contributed by atoms with Crippen LogP contribution in [0.2, 0.25) is 0 Å². The van der Waals surface area contributed by atoms with Crippen molar-refractivity contribution in [1.29, 1.82) is 0 Å². The first-order valence-corrected chi connectivity index (χ1v) is 10.0. The Hall–Kier alpha value is -3.22. The van der Waals surface area contributed by atoms with Gasteiger partial charge in [0.05, 0.1) is 6.20 Å². The molecule has 1 saturated carbocycles. The molecule has 7 nitrogen and oxygen atoms in total. The Bertz CT molecular complexity index is 964. The fraction of sp³-hybridized carbons (Fsp3) is 0.364. The van der Waals surface area contributed by atoms with Crippen molar-refractivity contribution >= 4 is 11.7 Å². The predicted octanol–water partition coefficient (Wildman–Crippen LogP) is 3.15. The van der Waals surface area contributed by atoms with Crippen LogP contribution in [0.1, 0.15) is 51.8 Å². The Labute approximate surface area is 170 Å². The van der Waals surface area contributed by atoms with Crippen molar-refractivity contribution in [2.24, 2.45) is 0 Å². The minimum Gasteiger partial charge on any atom is -0.369 e. The second kappa shape index (κ2) is 8.43. The van der Waals surface area contributed by atoms with Crippen LogP contribution in [0.25, 0.3) is 0 Å². The maximum absolute atomic E-state index is 12.7. The van der Waals surface area contributed by atoms with Gasteiger partial charge in [-0.15, -0.1) is 0 Å². The summed E-state index contributed by atoms with van der Waals surface area (Å²) >= 11 is 0. The molecule has 7 heteroatoms. The molecule has 0 bridgehead atoms. The van der Waals surface area contributed by atoms with E-state index in [9.17, 15) is 4.79 Å². The number of amides is 1. The summed E-state index contributed by atoms with van der Waals surface area (Å²) in [5, 5.41) is 13.2. The van der Waals surface area contributed by atoms with Gasteiger partial charge in [0.15, 0.2) is 0 Å². The van der Waals surface area contributed by atoms with Crippen molar-refractivity contribution < 1.29 is 4.79 Å². The van der Waals surface area contributed by atoms with Crippen LogP contribution in [-0.4, -0.2) is 38.7 Å². The second-order valence-electron chi connectivity index (χ2n) is 7.64. The zero-order valence-electron chi connectivity index (χ0n) is 16.8. The molecule has 29 heavy (non-hydrogen) atoms. The maximum atomic E-state index is 12.7. The first kappa shape index (κ1) is 19.1. The van der Waals surface area contributed by atoms with E-state index in [0.717, 1.165) is 36.1 Å². The molecule has 4 rings (SSSR count). The highest BCUT2D eigenvalue weighted by Gasteiger charge is 2.32. The molecule has 3 N–H and O–H groups in total. The molecule has 150 valence electrons. The number of aryl methyl sites for hydroxylation is 1. The van der Waals surface area contributed by atoms with E-state index in [1.807, 2.05) is 26.1 Å². The Balaban J connectivity index is 1.35. The zero-order chi connectivity index (χ0) is 20.2. The van der Waals surface area contributed by atoms with Gasteiger partial charge in [-0.25, -0.2) is 9.97 Å². The molecule has 0 aliphatic heterocycles. The lowest BCUT2D eigenvalue weighted by Gasteiger charge is -2.36. The first-order chi connectivity index (χ1) is 14.1. The zero-order valence-corrected chi connectivity index (χ0v) is 16.8. The monoisotopic (exact) mass is 390 g/mol. The van der Waals surface area contributed by atoms with Gasteiger partial charge in [0, 0.05) is 30.0 Å². The SMILES string of the molecule is Cc1nc(C(=O)N[C@H]2C[C@@H](c3ccccc3)C2)nc(NCCc2cn[nH]c2)c1C. The number of H-pyrrole nitrogens is 1. The van der Waals surface area contributed by atoms with Crippen LogP contribution in [0.5, 0.6) is 0 Å². The molecule has 0 spiro atoms. The standard InChI is InChI=1S/C22H26N6O/c1-14-15(2)26-21(28-20(14)23-9-8-16-12-24-25-13-16)22(29)27-19-10-18(11-19)17-6-4-3-5-7-17/h3-7,12-13,18-19H,8-11H2,1-2H3,(H,24,25)(H,27,29)(H,23,26,28)/t18-,19+. The van der Waals surface area contributed by atoms with Gasteiger partial charge in [-0.05, 0) is 50.2 Å². The molecule has 1 aliphatic rings. The minimum atomic E-state index is -0.206. The lowest BCUT2D eigenvalue weighted by molar-refractivity contribution is 0.0898. The van der Waals surface area contributed by atoms with Crippen molar-refractivity contribution in [2.45, 2.75) is 45.1 Å². The molecule has 2 heterocycles. The van der Waals surface area contributed by atoms with Crippen molar-refractivity contribution in [3.8, 4) is 0 Å². The molecule has 1 amide bonds. The number of benzene rings is 1. The molecular formula is C22H26N6O. The highest BCUT2D eigenvalue weighted by molar-refractivity contribution is 5.91. The largest absolute Gasteiger partial charge is 0.369 e. The van der Waals surface area contributed by atoms with Gasteiger partial charge in [0.1, 0.15) is 5.82 Å². The third-order valence-corrected chi connectivity index (χ3v) is 5.60.